The minimum atomic E-state index is -5.99. The monoisotopic (exact) mass is 1010 g/mol. The highest BCUT2D eigenvalue weighted by molar-refractivity contribution is 7.88. The summed E-state index contributed by atoms with van der Waals surface area (Å²) in [6.45, 7) is 0. The Morgan fingerprint density at radius 2 is 0.903 bits per heavy atom. The third-order valence-corrected chi connectivity index (χ3v) is 14.7. The van der Waals surface area contributed by atoms with E-state index in [4.69, 9.17) is 45.1 Å². The number of alkyl halides is 3. The molecule has 72 heavy (non-hydrogen) atoms. The maximum absolute atomic E-state index is 13.4. The summed E-state index contributed by atoms with van der Waals surface area (Å²) < 4.78 is 93.8. The quantitative estimate of drug-likeness (QED) is 0.126. The van der Waals surface area contributed by atoms with Crippen molar-refractivity contribution in [3.8, 4) is 34.1 Å². The number of hydrogen-bond acceptors (Lipinski definition) is 8. The van der Waals surface area contributed by atoms with E-state index in [1.54, 1.807) is 42.5 Å². The molecule has 14 heteroatoms. The van der Waals surface area contributed by atoms with Crippen molar-refractivity contribution in [1.82, 2.24) is 0 Å². The van der Waals surface area contributed by atoms with Gasteiger partial charge in [-0.05, 0) is 106 Å². The highest BCUT2D eigenvalue weighted by atomic mass is 35.5. The number of nitriles is 1. The smallest absolute Gasteiger partial charge is 0.456 e. The van der Waals surface area contributed by atoms with Gasteiger partial charge < -0.3 is 21.9 Å². The first-order chi connectivity index (χ1) is 34.8. The van der Waals surface area contributed by atoms with Gasteiger partial charge in [0.2, 0.25) is 0 Å². The molecule has 0 unspecified atom stereocenters. The van der Waals surface area contributed by atoms with Crippen LogP contribution in [0.1, 0.15) is 5.56 Å². The molecule has 0 fully saturated rings. The Bertz CT molecular complexity index is 4790. The van der Waals surface area contributed by atoms with Crippen molar-refractivity contribution in [2.75, 3.05) is 0 Å². The number of fused-ring (bicyclic) bond motifs is 14. The molecule has 0 radical (unpaired) electrons. The molecule has 0 aliphatic heterocycles. The minimum Gasteiger partial charge on any atom is -0.456 e. The van der Waals surface area contributed by atoms with Crippen LogP contribution in [0, 0.1) is 11.3 Å². The van der Waals surface area contributed by atoms with E-state index in [2.05, 4.69) is 24.3 Å². The lowest BCUT2D eigenvalue weighted by Crippen LogP contribution is -2.28. The van der Waals surface area contributed by atoms with E-state index >= 15 is 0 Å². The van der Waals surface area contributed by atoms with E-state index in [0.29, 0.717) is 65.0 Å². The minimum absolute atomic E-state index is 0.0653. The fourth-order valence-electron chi connectivity index (χ4n) is 9.93. The first kappa shape index (κ1) is 43.5. The maximum atomic E-state index is 13.4. The first-order valence-corrected chi connectivity index (χ1v) is 24.4. The Hall–Kier alpha value is -8.47. The van der Waals surface area contributed by atoms with Crippen molar-refractivity contribution < 1.29 is 43.4 Å². The molecule has 0 spiro atoms. The van der Waals surface area contributed by atoms with Crippen LogP contribution in [-0.4, -0.2) is 13.9 Å². The second kappa shape index (κ2) is 16.0. The summed E-state index contributed by atoms with van der Waals surface area (Å²) in [6.07, 6.45) is 0. The van der Waals surface area contributed by atoms with E-state index in [0.717, 1.165) is 77.0 Å². The normalized spacial score (nSPS) is 12.3. The summed E-state index contributed by atoms with van der Waals surface area (Å²) in [4.78, 5) is 0. The largest absolute Gasteiger partial charge is 0.534 e. The lowest BCUT2D eigenvalue weighted by Gasteiger charge is -2.14. The van der Waals surface area contributed by atoms with Crippen LogP contribution in [0.15, 0.2) is 188 Å². The first-order valence-electron chi connectivity index (χ1n) is 22.2. The third kappa shape index (κ3) is 6.69. The van der Waals surface area contributed by atoms with Crippen LogP contribution in [0.3, 0.4) is 0 Å². The summed E-state index contributed by atoms with van der Waals surface area (Å²) in [5.41, 5.74) is 1.41. The van der Waals surface area contributed by atoms with Crippen LogP contribution in [0.4, 0.5) is 13.2 Å². The molecule has 0 saturated heterocycles. The fourth-order valence-corrected chi connectivity index (χ4v) is 10.9. The average molecular weight is 1010 g/mol. The zero-order chi connectivity index (χ0) is 49.2. The van der Waals surface area contributed by atoms with Crippen LogP contribution in [0.25, 0.3) is 132 Å². The molecule has 0 aliphatic rings. The van der Waals surface area contributed by atoms with Crippen LogP contribution in [-0.2, 0) is 10.1 Å². The van der Waals surface area contributed by atoms with Gasteiger partial charge in [-0.1, -0.05) is 108 Å². The molecular formula is C58H28Cl2F3NO7S. The predicted molar refractivity (Wildman–Crippen MR) is 278 cm³/mol. The molecule has 0 saturated carbocycles. The number of rotatable bonds is 4. The molecule has 348 valence electrons. The van der Waals surface area contributed by atoms with Crippen molar-refractivity contribution in [1.29, 1.82) is 5.26 Å². The highest BCUT2D eigenvalue weighted by Crippen LogP contribution is 2.50. The molecular weight excluding hydrogens is 983 g/mol. The molecule has 10 aromatic carbocycles. The molecule has 8 nitrogen and oxygen atoms in total. The van der Waals surface area contributed by atoms with E-state index in [9.17, 15) is 26.9 Å². The number of nitrogens with zero attached hydrogens (tertiary/aromatic N) is 1. The van der Waals surface area contributed by atoms with Gasteiger partial charge >= 0.3 is 15.6 Å². The zero-order valence-corrected chi connectivity index (χ0v) is 39.1. The van der Waals surface area contributed by atoms with Crippen molar-refractivity contribution in [2.24, 2.45) is 0 Å². The summed E-state index contributed by atoms with van der Waals surface area (Å²) in [7, 11) is -5.99. The van der Waals surface area contributed by atoms with Gasteiger partial charge in [0.05, 0.1) is 21.7 Å². The van der Waals surface area contributed by atoms with Gasteiger partial charge in [0.25, 0.3) is 0 Å². The lowest BCUT2D eigenvalue weighted by molar-refractivity contribution is -0.0499. The van der Waals surface area contributed by atoms with Crippen molar-refractivity contribution in [3.05, 3.63) is 185 Å². The van der Waals surface area contributed by atoms with Crippen molar-refractivity contribution in [3.63, 3.8) is 0 Å². The van der Waals surface area contributed by atoms with Crippen LogP contribution in [0.5, 0.6) is 5.75 Å². The van der Waals surface area contributed by atoms with E-state index in [1.165, 1.54) is 6.07 Å². The number of para-hydroxylation sites is 2. The summed E-state index contributed by atoms with van der Waals surface area (Å²) in [6, 6.07) is 54.1. The van der Waals surface area contributed by atoms with Gasteiger partial charge in [0.15, 0.2) is 5.75 Å². The van der Waals surface area contributed by atoms with Crippen LogP contribution in [0.2, 0.25) is 10.0 Å². The lowest BCUT2D eigenvalue weighted by atomic mass is 9.93. The standard InChI is InChI=1S/C29H14ClF3O5S.C29H14ClNO2/c30-20-10-9-18(28-25(20)19-13-15-5-1-2-6-16(15)14-24(19)37-28)27-23(38-39(34,35)29(31,32)33)12-11-22-26(27)17-7-3-4-8-21(17)36-22;30-22-11-10-20(29-27(22)21-13-16-5-1-2-6-17(16)14-25(21)33-29)26-18(15-31)9-12-24-28(26)19-7-3-4-8-23(19)32-24/h1-14H;1-14H. The molecule has 0 N–H and O–H groups in total. The Balaban J connectivity index is 0.000000142. The van der Waals surface area contributed by atoms with Gasteiger partial charge in [-0.3, -0.25) is 0 Å². The van der Waals surface area contributed by atoms with Gasteiger partial charge in [-0.2, -0.15) is 26.9 Å². The van der Waals surface area contributed by atoms with E-state index in [-0.39, 0.29) is 11.1 Å². The van der Waals surface area contributed by atoms with Gasteiger partial charge in [-0.15, -0.1) is 0 Å². The second-order valence-corrected chi connectivity index (χ2v) is 19.5. The number of benzene rings is 10. The maximum Gasteiger partial charge on any atom is 0.534 e. The van der Waals surface area contributed by atoms with Gasteiger partial charge in [0, 0.05) is 65.3 Å². The van der Waals surface area contributed by atoms with Crippen LogP contribution < -0.4 is 4.18 Å². The molecule has 0 bridgehead atoms. The second-order valence-electron chi connectivity index (χ2n) is 17.2. The van der Waals surface area contributed by atoms with Crippen LogP contribution >= 0.6 is 23.2 Å². The molecule has 14 rings (SSSR count). The topological polar surface area (TPSA) is 120 Å². The fraction of sp³-hybridized carbons (Fsp3) is 0.0172. The number of hydrogen-bond donors (Lipinski definition) is 0. The summed E-state index contributed by atoms with van der Waals surface area (Å²) in [5, 5.41) is 20.9. The summed E-state index contributed by atoms with van der Waals surface area (Å²) >= 11 is 13.3. The zero-order valence-electron chi connectivity index (χ0n) is 36.8. The molecule has 0 aliphatic carbocycles. The Morgan fingerprint density at radius 3 is 1.40 bits per heavy atom. The third-order valence-electron chi connectivity index (χ3n) is 13.1. The van der Waals surface area contributed by atoms with E-state index < -0.39 is 21.4 Å². The summed E-state index contributed by atoms with van der Waals surface area (Å²) in [5.74, 6) is -0.527. The number of furan rings is 4. The molecule has 4 aromatic heterocycles. The van der Waals surface area contributed by atoms with Gasteiger partial charge in [-0.25, -0.2) is 0 Å². The predicted octanol–water partition coefficient (Wildman–Crippen LogP) is 18.0. The molecule has 0 amide bonds. The van der Waals surface area contributed by atoms with Crippen molar-refractivity contribution >= 4 is 143 Å². The Morgan fingerprint density at radius 1 is 0.458 bits per heavy atom. The van der Waals surface area contributed by atoms with E-state index in [1.807, 2.05) is 97.1 Å². The molecule has 14 aromatic rings. The van der Waals surface area contributed by atoms with Crippen molar-refractivity contribution in [2.45, 2.75) is 5.51 Å². The Kier molecular flexibility index (Phi) is 9.69. The molecule has 4 heterocycles. The molecule has 0 atom stereocenters. The Labute approximate surface area is 414 Å². The van der Waals surface area contributed by atoms with Gasteiger partial charge in [0.1, 0.15) is 44.7 Å². The average Bonchev–Trinajstić information content (AvgIpc) is 4.16. The number of halogens is 5. The SMILES string of the molecule is N#Cc1ccc2oc3ccccc3c2c1-c1ccc(Cl)c2c1oc1cc3ccccc3cc12.O=S(=O)(Oc1ccc2oc3ccccc3c2c1-c1ccc(Cl)c2c1oc1cc3ccccc3cc12)C(F)(F)F. The highest BCUT2D eigenvalue weighted by Gasteiger charge is 2.49.